The Morgan fingerprint density at radius 3 is 2.56 bits per heavy atom. The minimum Gasteiger partial charge on any atom is -0.357 e. The number of carbonyl (C=O) groups excluding carboxylic acids is 2. The zero-order valence-electron chi connectivity index (χ0n) is 15.3. The number of benzene rings is 1. The van der Waals surface area contributed by atoms with E-state index in [9.17, 15) is 18.4 Å². The summed E-state index contributed by atoms with van der Waals surface area (Å²) < 4.78 is 26.8. The predicted molar refractivity (Wildman–Crippen MR) is 110 cm³/mol. The van der Waals surface area contributed by atoms with Crippen LogP contribution in [-0.4, -0.2) is 48.9 Å². The van der Waals surface area contributed by atoms with Crippen molar-refractivity contribution in [3.63, 3.8) is 0 Å². The van der Waals surface area contributed by atoms with Gasteiger partial charge in [0, 0.05) is 39.0 Å². The Bertz CT molecular complexity index is 669. The number of nitrogens with zero attached hydrogens (tertiary/aromatic N) is 2. The molecule has 6 nitrogen and oxygen atoms in total. The van der Waals surface area contributed by atoms with Crippen molar-refractivity contribution in [2.75, 3.05) is 26.2 Å². The van der Waals surface area contributed by atoms with E-state index < -0.39 is 11.6 Å². The quantitative estimate of drug-likeness (QED) is 0.264. The topological polar surface area (TPSA) is 73.8 Å². The lowest BCUT2D eigenvalue weighted by atomic mass is 10.1. The summed E-state index contributed by atoms with van der Waals surface area (Å²) in [5.74, 6) is -0.729. The molecule has 0 bridgehead atoms. The summed E-state index contributed by atoms with van der Waals surface area (Å²) >= 11 is 0. The third kappa shape index (κ3) is 7.39. The van der Waals surface area contributed by atoms with Gasteiger partial charge in [-0.25, -0.2) is 8.78 Å². The number of imide groups is 1. The Labute approximate surface area is 174 Å². The summed E-state index contributed by atoms with van der Waals surface area (Å²) in [6.45, 7) is 3.46. The van der Waals surface area contributed by atoms with Crippen LogP contribution in [0.5, 0.6) is 0 Å². The first-order valence-electron chi connectivity index (χ1n) is 8.80. The number of guanidine groups is 1. The van der Waals surface area contributed by atoms with E-state index in [4.69, 9.17) is 0 Å². The molecular formula is C18H25F2IN4O2. The second kappa shape index (κ2) is 11.8. The van der Waals surface area contributed by atoms with Crippen LogP contribution in [0.4, 0.5) is 8.78 Å². The SMILES string of the molecule is CCNC(=NCCc1cc(F)ccc1F)NCCN1C(=O)CCCC1=O.I. The number of carbonyl (C=O) groups is 2. The smallest absolute Gasteiger partial charge is 0.229 e. The fourth-order valence-electron chi connectivity index (χ4n) is 2.70. The van der Waals surface area contributed by atoms with Crippen molar-refractivity contribution in [1.82, 2.24) is 15.5 Å². The number of hydrogen-bond donors (Lipinski definition) is 2. The Morgan fingerprint density at radius 2 is 1.89 bits per heavy atom. The summed E-state index contributed by atoms with van der Waals surface area (Å²) in [4.78, 5) is 29.1. The fourth-order valence-corrected chi connectivity index (χ4v) is 2.70. The van der Waals surface area contributed by atoms with Crippen molar-refractivity contribution in [2.24, 2.45) is 4.99 Å². The normalized spacial score (nSPS) is 14.8. The molecule has 2 rings (SSSR count). The number of halogens is 3. The molecule has 27 heavy (non-hydrogen) atoms. The molecule has 0 radical (unpaired) electrons. The standard InChI is InChI=1S/C18H24F2N4O2.HI/c1-2-21-18(22-9-8-13-12-14(19)6-7-15(13)20)23-10-11-24-16(25)4-3-5-17(24)26;/h6-7,12H,2-5,8-11H2,1H3,(H2,21,22,23);1H. The monoisotopic (exact) mass is 494 g/mol. The summed E-state index contributed by atoms with van der Waals surface area (Å²) in [5, 5.41) is 6.08. The minimum absolute atomic E-state index is 0. The summed E-state index contributed by atoms with van der Waals surface area (Å²) in [6.07, 6.45) is 1.68. The maximum Gasteiger partial charge on any atom is 0.229 e. The van der Waals surface area contributed by atoms with Crippen LogP contribution in [-0.2, 0) is 16.0 Å². The van der Waals surface area contributed by atoms with Crippen LogP contribution < -0.4 is 10.6 Å². The van der Waals surface area contributed by atoms with Crippen LogP contribution in [0.2, 0.25) is 0 Å². The van der Waals surface area contributed by atoms with Gasteiger partial charge in [0.25, 0.3) is 0 Å². The number of nitrogens with one attached hydrogen (secondary N) is 2. The molecule has 0 saturated carbocycles. The molecule has 1 saturated heterocycles. The molecule has 0 spiro atoms. The fraction of sp³-hybridized carbons (Fsp3) is 0.500. The van der Waals surface area contributed by atoms with Crippen LogP contribution in [0.1, 0.15) is 31.7 Å². The summed E-state index contributed by atoms with van der Waals surface area (Å²) in [5.41, 5.74) is 0.272. The number of piperidine rings is 1. The van der Waals surface area contributed by atoms with Crippen molar-refractivity contribution in [1.29, 1.82) is 0 Å². The molecule has 2 amide bonds. The van der Waals surface area contributed by atoms with E-state index >= 15 is 0 Å². The Kier molecular flexibility index (Phi) is 10.2. The van der Waals surface area contributed by atoms with Gasteiger partial charge in [-0.1, -0.05) is 0 Å². The van der Waals surface area contributed by atoms with Gasteiger partial charge in [-0.2, -0.15) is 0 Å². The molecule has 1 aromatic carbocycles. The van der Waals surface area contributed by atoms with Gasteiger partial charge < -0.3 is 10.6 Å². The summed E-state index contributed by atoms with van der Waals surface area (Å²) in [6, 6.07) is 3.35. The largest absolute Gasteiger partial charge is 0.357 e. The van der Waals surface area contributed by atoms with Crippen LogP contribution >= 0.6 is 24.0 Å². The van der Waals surface area contributed by atoms with E-state index in [2.05, 4.69) is 15.6 Å². The van der Waals surface area contributed by atoms with Gasteiger partial charge in [0.05, 0.1) is 0 Å². The van der Waals surface area contributed by atoms with Crippen molar-refractivity contribution in [2.45, 2.75) is 32.6 Å². The highest BCUT2D eigenvalue weighted by molar-refractivity contribution is 14.0. The molecule has 0 atom stereocenters. The zero-order chi connectivity index (χ0) is 18.9. The maximum atomic E-state index is 13.6. The van der Waals surface area contributed by atoms with Crippen LogP contribution in [0.25, 0.3) is 0 Å². The van der Waals surface area contributed by atoms with Crippen LogP contribution in [0, 0.1) is 11.6 Å². The minimum atomic E-state index is -0.480. The third-order valence-corrected chi connectivity index (χ3v) is 4.01. The van der Waals surface area contributed by atoms with Crippen molar-refractivity contribution in [3.05, 3.63) is 35.4 Å². The van der Waals surface area contributed by atoms with E-state index in [1.54, 1.807) is 0 Å². The van der Waals surface area contributed by atoms with Gasteiger partial charge in [0.2, 0.25) is 11.8 Å². The number of likely N-dealkylation sites (tertiary alicyclic amines) is 1. The predicted octanol–water partition coefficient (Wildman–Crippen LogP) is 2.22. The van der Waals surface area contributed by atoms with E-state index in [0.29, 0.717) is 38.3 Å². The molecule has 0 aliphatic carbocycles. The Morgan fingerprint density at radius 1 is 1.19 bits per heavy atom. The Balaban J connectivity index is 0.00000364. The zero-order valence-corrected chi connectivity index (χ0v) is 17.6. The van der Waals surface area contributed by atoms with Gasteiger partial charge in [-0.05, 0) is 43.5 Å². The van der Waals surface area contributed by atoms with Gasteiger partial charge in [-0.3, -0.25) is 19.5 Å². The Hall–Kier alpha value is -1.78. The second-order valence-corrected chi connectivity index (χ2v) is 5.97. The molecule has 1 aromatic rings. The lowest BCUT2D eigenvalue weighted by Crippen LogP contribution is -2.46. The van der Waals surface area contributed by atoms with Crippen molar-refractivity contribution >= 4 is 41.8 Å². The van der Waals surface area contributed by atoms with E-state index in [1.807, 2.05) is 6.92 Å². The van der Waals surface area contributed by atoms with E-state index in [1.165, 1.54) is 11.0 Å². The van der Waals surface area contributed by atoms with Crippen molar-refractivity contribution in [3.8, 4) is 0 Å². The number of aliphatic imine (C=N–C) groups is 1. The van der Waals surface area contributed by atoms with Crippen molar-refractivity contribution < 1.29 is 18.4 Å². The highest BCUT2D eigenvalue weighted by Crippen LogP contribution is 2.11. The van der Waals surface area contributed by atoms with E-state index in [-0.39, 0.29) is 60.9 Å². The second-order valence-electron chi connectivity index (χ2n) is 5.97. The van der Waals surface area contributed by atoms with Gasteiger partial charge in [-0.15, -0.1) is 24.0 Å². The molecule has 9 heteroatoms. The van der Waals surface area contributed by atoms with Crippen LogP contribution in [0.15, 0.2) is 23.2 Å². The average molecular weight is 494 g/mol. The van der Waals surface area contributed by atoms with Gasteiger partial charge in [0.15, 0.2) is 5.96 Å². The highest BCUT2D eigenvalue weighted by atomic mass is 127. The first-order chi connectivity index (χ1) is 12.5. The molecule has 1 fully saturated rings. The molecule has 0 unspecified atom stereocenters. The lowest BCUT2D eigenvalue weighted by molar-refractivity contribution is -0.147. The maximum absolute atomic E-state index is 13.6. The number of rotatable bonds is 7. The summed E-state index contributed by atoms with van der Waals surface area (Å²) in [7, 11) is 0. The molecule has 1 aliphatic heterocycles. The number of hydrogen-bond acceptors (Lipinski definition) is 3. The van der Waals surface area contributed by atoms with Crippen LogP contribution in [0.3, 0.4) is 0 Å². The molecule has 1 aliphatic rings. The molecular weight excluding hydrogens is 469 g/mol. The third-order valence-electron chi connectivity index (χ3n) is 4.01. The highest BCUT2D eigenvalue weighted by Gasteiger charge is 2.25. The molecule has 0 aromatic heterocycles. The first-order valence-corrected chi connectivity index (χ1v) is 8.80. The molecule has 150 valence electrons. The lowest BCUT2D eigenvalue weighted by Gasteiger charge is -2.25. The first kappa shape index (κ1) is 23.3. The number of amides is 2. The van der Waals surface area contributed by atoms with E-state index in [0.717, 1.165) is 12.1 Å². The van der Waals surface area contributed by atoms with Gasteiger partial charge in [0.1, 0.15) is 11.6 Å². The molecule has 2 N–H and O–H groups in total. The average Bonchev–Trinajstić information content (AvgIpc) is 2.60. The molecule has 1 heterocycles. The van der Waals surface area contributed by atoms with Gasteiger partial charge >= 0.3 is 0 Å².